The average Bonchev–Trinajstić information content (AvgIpc) is 2.26. The predicted molar refractivity (Wildman–Crippen MR) is 66.4 cm³/mol. The van der Waals surface area contributed by atoms with Crippen LogP contribution in [-0.2, 0) is 6.18 Å². The molecule has 0 unspecified atom stereocenters. The van der Waals surface area contributed by atoms with Crippen LogP contribution in [0.3, 0.4) is 0 Å². The van der Waals surface area contributed by atoms with E-state index in [1.807, 2.05) is 13.8 Å². The highest BCUT2D eigenvalue weighted by atomic mass is 19.4. The molecule has 0 amide bonds. The molecule has 3 N–H and O–H groups in total. The predicted octanol–water partition coefficient (Wildman–Crippen LogP) is 3.09. The summed E-state index contributed by atoms with van der Waals surface area (Å²) >= 11 is 0. The quantitative estimate of drug-likeness (QED) is 0.647. The summed E-state index contributed by atoms with van der Waals surface area (Å²) < 4.78 is 37.0. The Morgan fingerprint density at radius 1 is 1.28 bits per heavy atom. The number of halogens is 3. The summed E-state index contributed by atoms with van der Waals surface area (Å²) in [6, 6.07) is 4.64. The molecule has 0 bridgehead atoms. The van der Waals surface area contributed by atoms with Crippen molar-refractivity contribution in [3.63, 3.8) is 0 Å². The number of nitrogens with one attached hydrogen (secondary N) is 1. The molecule has 100 valence electrons. The molecule has 1 rings (SSSR count). The molecular weight excluding hydrogens is 243 g/mol. The van der Waals surface area contributed by atoms with Crippen molar-refractivity contribution < 1.29 is 13.2 Å². The third kappa shape index (κ3) is 4.65. The second-order valence-electron chi connectivity index (χ2n) is 4.32. The summed E-state index contributed by atoms with van der Waals surface area (Å²) in [6.07, 6.45) is -4.32. The molecule has 18 heavy (non-hydrogen) atoms. The lowest BCUT2D eigenvalue weighted by Crippen LogP contribution is -2.23. The van der Waals surface area contributed by atoms with Gasteiger partial charge in [0.25, 0.3) is 0 Å². The Morgan fingerprint density at radius 3 is 2.28 bits per heavy atom. The van der Waals surface area contributed by atoms with Crippen molar-refractivity contribution >= 4 is 11.6 Å². The summed E-state index contributed by atoms with van der Waals surface area (Å²) in [5.41, 5.74) is 5.39. The van der Waals surface area contributed by atoms with Crippen molar-refractivity contribution in [3.8, 4) is 0 Å². The van der Waals surface area contributed by atoms with Crippen LogP contribution in [0.2, 0.25) is 0 Å². The summed E-state index contributed by atoms with van der Waals surface area (Å²) in [6.45, 7) is 4.56. The van der Waals surface area contributed by atoms with Gasteiger partial charge < -0.3 is 11.1 Å². The Balaban J connectivity index is 2.67. The zero-order valence-corrected chi connectivity index (χ0v) is 10.3. The molecule has 0 radical (unpaired) electrons. The molecule has 1 aromatic rings. The minimum absolute atomic E-state index is 0.198. The highest BCUT2D eigenvalue weighted by molar-refractivity contribution is 5.92. The van der Waals surface area contributed by atoms with Gasteiger partial charge in [0.15, 0.2) is 5.96 Å². The molecule has 0 aromatic heterocycles. The van der Waals surface area contributed by atoms with Gasteiger partial charge in [0.1, 0.15) is 0 Å². The Kier molecular flexibility index (Phi) is 4.58. The lowest BCUT2D eigenvalue weighted by atomic mass is 10.2. The number of aliphatic imine (C=N–C) groups is 1. The second kappa shape index (κ2) is 5.75. The largest absolute Gasteiger partial charge is 0.416 e. The molecule has 0 saturated heterocycles. The van der Waals surface area contributed by atoms with Crippen LogP contribution in [0, 0.1) is 5.92 Å². The lowest BCUT2D eigenvalue weighted by Gasteiger charge is -2.09. The van der Waals surface area contributed by atoms with E-state index >= 15 is 0 Å². The van der Waals surface area contributed by atoms with E-state index in [-0.39, 0.29) is 5.96 Å². The Morgan fingerprint density at radius 2 is 1.83 bits per heavy atom. The van der Waals surface area contributed by atoms with Crippen LogP contribution >= 0.6 is 0 Å². The standard InChI is InChI=1S/C12H16F3N3/c1-8(2)7-17-11(16)18-10-5-3-9(4-6-10)12(13,14)15/h3-6,8H,7H2,1-2H3,(H3,16,17,18). The minimum atomic E-state index is -4.32. The zero-order chi connectivity index (χ0) is 13.8. The van der Waals surface area contributed by atoms with Crippen LogP contribution in [0.15, 0.2) is 29.3 Å². The van der Waals surface area contributed by atoms with Gasteiger partial charge in [-0.15, -0.1) is 0 Å². The molecule has 1 aromatic carbocycles. The van der Waals surface area contributed by atoms with Crippen molar-refractivity contribution in [2.75, 3.05) is 11.9 Å². The Labute approximate surface area is 104 Å². The first kappa shape index (κ1) is 14.3. The number of nitrogens with two attached hydrogens (primary N) is 1. The maximum absolute atomic E-state index is 12.3. The molecular formula is C12H16F3N3. The van der Waals surface area contributed by atoms with E-state index in [1.54, 1.807) is 0 Å². The van der Waals surface area contributed by atoms with E-state index in [0.29, 0.717) is 18.2 Å². The lowest BCUT2D eigenvalue weighted by molar-refractivity contribution is -0.137. The summed E-state index contributed by atoms with van der Waals surface area (Å²) in [5, 5.41) is 2.74. The van der Waals surface area contributed by atoms with Crippen LogP contribution in [0.5, 0.6) is 0 Å². The minimum Gasteiger partial charge on any atom is -0.370 e. The summed E-state index contributed by atoms with van der Waals surface area (Å²) in [5.74, 6) is 0.571. The van der Waals surface area contributed by atoms with E-state index in [1.165, 1.54) is 12.1 Å². The van der Waals surface area contributed by atoms with Crippen LogP contribution in [0.1, 0.15) is 19.4 Å². The van der Waals surface area contributed by atoms with Crippen LogP contribution in [0.25, 0.3) is 0 Å². The molecule has 0 heterocycles. The number of guanidine groups is 1. The summed E-state index contributed by atoms with van der Waals surface area (Å²) in [7, 11) is 0. The first-order chi connectivity index (χ1) is 8.29. The number of hydrogen-bond donors (Lipinski definition) is 2. The highest BCUT2D eigenvalue weighted by Crippen LogP contribution is 2.29. The van der Waals surface area contributed by atoms with Crippen molar-refractivity contribution in [2.45, 2.75) is 20.0 Å². The van der Waals surface area contributed by atoms with Crippen molar-refractivity contribution in [1.29, 1.82) is 0 Å². The van der Waals surface area contributed by atoms with E-state index in [0.717, 1.165) is 12.1 Å². The second-order valence-corrected chi connectivity index (χ2v) is 4.32. The van der Waals surface area contributed by atoms with Gasteiger partial charge >= 0.3 is 6.18 Å². The van der Waals surface area contributed by atoms with Gasteiger partial charge in [-0.05, 0) is 30.2 Å². The maximum atomic E-state index is 12.3. The third-order valence-corrected chi connectivity index (χ3v) is 2.11. The highest BCUT2D eigenvalue weighted by Gasteiger charge is 2.29. The van der Waals surface area contributed by atoms with Gasteiger partial charge in [0.2, 0.25) is 0 Å². The Bertz CT molecular complexity index is 408. The number of hydrogen-bond acceptors (Lipinski definition) is 1. The Hall–Kier alpha value is -1.72. The fourth-order valence-corrected chi connectivity index (χ4v) is 1.21. The van der Waals surface area contributed by atoms with Crippen molar-refractivity contribution in [3.05, 3.63) is 29.8 Å². The van der Waals surface area contributed by atoms with E-state index in [9.17, 15) is 13.2 Å². The van der Waals surface area contributed by atoms with Gasteiger partial charge in [-0.25, -0.2) is 0 Å². The fourth-order valence-electron chi connectivity index (χ4n) is 1.21. The number of alkyl halides is 3. The summed E-state index contributed by atoms with van der Waals surface area (Å²) in [4.78, 5) is 4.05. The fraction of sp³-hybridized carbons (Fsp3) is 0.417. The normalized spacial score (nSPS) is 12.9. The molecule has 0 aliphatic heterocycles. The van der Waals surface area contributed by atoms with Crippen LogP contribution in [0.4, 0.5) is 18.9 Å². The van der Waals surface area contributed by atoms with Gasteiger partial charge in [-0.2, -0.15) is 13.2 Å². The van der Waals surface area contributed by atoms with Crippen LogP contribution in [-0.4, -0.2) is 12.5 Å². The molecule has 0 aliphatic carbocycles. The van der Waals surface area contributed by atoms with E-state index in [4.69, 9.17) is 5.73 Å². The molecule has 3 nitrogen and oxygen atoms in total. The third-order valence-electron chi connectivity index (χ3n) is 2.11. The first-order valence-electron chi connectivity index (χ1n) is 5.53. The molecule has 0 aliphatic rings. The van der Waals surface area contributed by atoms with Gasteiger partial charge in [0.05, 0.1) is 5.56 Å². The maximum Gasteiger partial charge on any atom is 0.416 e. The van der Waals surface area contributed by atoms with Crippen molar-refractivity contribution in [2.24, 2.45) is 16.6 Å². The topological polar surface area (TPSA) is 50.4 Å². The number of anilines is 1. The number of benzene rings is 1. The molecule has 0 saturated carbocycles. The molecule has 0 atom stereocenters. The number of nitrogens with zero attached hydrogens (tertiary/aromatic N) is 1. The SMILES string of the molecule is CC(C)CN=C(N)Nc1ccc(C(F)(F)F)cc1. The van der Waals surface area contributed by atoms with Crippen LogP contribution < -0.4 is 11.1 Å². The smallest absolute Gasteiger partial charge is 0.370 e. The first-order valence-corrected chi connectivity index (χ1v) is 5.53. The van der Waals surface area contributed by atoms with Gasteiger partial charge in [-0.3, -0.25) is 4.99 Å². The molecule has 6 heteroatoms. The van der Waals surface area contributed by atoms with Gasteiger partial charge in [-0.1, -0.05) is 13.8 Å². The molecule has 0 fully saturated rings. The molecule has 0 spiro atoms. The van der Waals surface area contributed by atoms with Gasteiger partial charge in [0, 0.05) is 12.2 Å². The zero-order valence-electron chi connectivity index (χ0n) is 10.3. The number of rotatable bonds is 3. The van der Waals surface area contributed by atoms with Crippen molar-refractivity contribution in [1.82, 2.24) is 0 Å². The average molecular weight is 259 g/mol. The van der Waals surface area contributed by atoms with E-state index < -0.39 is 11.7 Å². The van der Waals surface area contributed by atoms with E-state index in [2.05, 4.69) is 10.3 Å². The monoisotopic (exact) mass is 259 g/mol.